The molecule has 2 aliphatic rings. The Kier molecular flexibility index (Phi) is 5.58. The topological polar surface area (TPSA) is 70.9 Å². The Bertz CT molecular complexity index is 1590. The molecule has 0 radical (unpaired) electrons. The zero-order valence-corrected chi connectivity index (χ0v) is 21.1. The molecule has 2 aromatic carbocycles. The van der Waals surface area contributed by atoms with Crippen LogP contribution in [0.3, 0.4) is 0 Å². The van der Waals surface area contributed by atoms with Gasteiger partial charge in [0.1, 0.15) is 0 Å². The molecule has 37 heavy (non-hydrogen) atoms. The Balaban J connectivity index is 1.04. The first-order chi connectivity index (χ1) is 18.2. The lowest BCUT2D eigenvalue weighted by Crippen LogP contribution is -2.47. The number of anilines is 2. The summed E-state index contributed by atoms with van der Waals surface area (Å²) in [6.07, 6.45) is 7.55. The highest BCUT2D eigenvalue weighted by molar-refractivity contribution is 6.35. The number of aromatic nitrogens is 5. The molecule has 8 heteroatoms. The van der Waals surface area contributed by atoms with E-state index in [0.29, 0.717) is 16.9 Å². The van der Waals surface area contributed by atoms with Crippen LogP contribution in [-0.2, 0) is 0 Å². The second-order valence-electron chi connectivity index (χ2n) is 9.90. The molecule has 0 saturated carbocycles. The molecule has 3 aromatic heterocycles. The number of piperidine rings is 1. The van der Waals surface area contributed by atoms with Crippen LogP contribution >= 0.6 is 11.6 Å². The van der Waals surface area contributed by atoms with Crippen LogP contribution in [0.4, 0.5) is 11.8 Å². The molecule has 2 fully saturated rings. The molecular formula is C29H26ClN7. The summed E-state index contributed by atoms with van der Waals surface area (Å²) in [5, 5.41) is 2.75. The summed E-state index contributed by atoms with van der Waals surface area (Å²) in [5.74, 6) is 2.53. The van der Waals surface area contributed by atoms with E-state index in [-0.39, 0.29) is 0 Å². The fraction of sp³-hybridized carbons (Fsp3) is 0.276. The van der Waals surface area contributed by atoms with Crippen LogP contribution in [0.5, 0.6) is 0 Å². The SMILES string of the molecule is Clc1cccc2nc(N3CC(c4nccnc4N4CCC(c5ccc6ccccc6n5)CC4)C3)ncc12. The van der Waals surface area contributed by atoms with Crippen molar-refractivity contribution in [2.24, 2.45) is 0 Å². The maximum atomic E-state index is 6.28. The third-order valence-electron chi connectivity index (χ3n) is 7.65. The molecule has 0 unspecified atom stereocenters. The summed E-state index contributed by atoms with van der Waals surface area (Å²) in [6.45, 7) is 3.57. The van der Waals surface area contributed by atoms with Crippen LogP contribution in [0.2, 0.25) is 5.02 Å². The summed E-state index contributed by atoms with van der Waals surface area (Å²) in [6, 6.07) is 18.5. The van der Waals surface area contributed by atoms with Gasteiger partial charge in [-0.15, -0.1) is 0 Å². The van der Waals surface area contributed by atoms with Crippen LogP contribution in [0.25, 0.3) is 21.8 Å². The molecule has 0 atom stereocenters. The van der Waals surface area contributed by atoms with Crippen molar-refractivity contribution in [3.63, 3.8) is 0 Å². The largest absolute Gasteiger partial charge is 0.355 e. The van der Waals surface area contributed by atoms with E-state index in [9.17, 15) is 0 Å². The van der Waals surface area contributed by atoms with Crippen molar-refractivity contribution in [2.75, 3.05) is 36.0 Å². The van der Waals surface area contributed by atoms with Gasteiger partial charge in [-0.3, -0.25) is 9.97 Å². The van der Waals surface area contributed by atoms with Gasteiger partial charge < -0.3 is 9.80 Å². The average molecular weight is 508 g/mol. The number of halogens is 1. The van der Waals surface area contributed by atoms with Crippen molar-refractivity contribution in [1.29, 1.82) is 0 Å². The van der Waals surface area contributed by atoms with Gasteiger partial charge in [0.15, 0.2) is 5.82 Å². The first kappa shape index (κ1) is 22.4. The highest BCUT2D eigenvalue weighted by Crippen LogP contribution is 2.36. The molecule has 0 bridgehead atoms. The number of fused-ring (bicyclic) bond motifs is 2. The highest BCUT2D eigenvalue weighted by atomic mass is 35.5. The van der Waals surface area contributed by atoms with Crippen molar-refractivity contribution in [2.45, 2.75) is 24.7 Å². The number of nitrogens with zero attached hydrogens (tertiary/aromatic N) is 7. The Morgan fingerprint density at radius 2 is 1.54 bits per heavy atom. The lowest BCUT2D eigenvalue weighted by Gasteiger charge is -2.41. The van der Waals surface area contributed by atoms with E-state index in [0.717, 1.165) is 72.9 Å². The van der Waals surface area contributed by atoms with E-state index in [1.807, 2.05) is 36.8 Å². The molecule has 0 spiro atoms. The minimum Gasteiger partial charge on any atom is -0.355 e. The van der Waals surface area contributed by atoms with Gasteiger partial charge >= 0.3 is 0 Å². The van der Waals surface area contributed by atoms with Crippen molar-refractivity contribution in [3.8, 4) is 0 Å². The molecular weight excluding hydrogens is 482 g/mol. The van der Waals surface area contributed by atoms with Crippen LogP contribution < -0.4 is 9.80 Å². The van der Waals surface area contributed by atoms with Crippen LogP contribution in [-0.4, -0.2) is 51.1 Å². The van der Waals surface area contributed by atoms with E-state index in [2.05, 4.69) is 51.2 Å². The van der Waals surface area contributed by atoms with Gasteiger partial charge in [-0.1, -0.05) is 41.9 Å². The van der Waals surface area contributed by atoms with Gasteiger partial charge in [0, 0.05) is 73.1 Å². The molecule has 5 aromatic rings. The molecule has 5 heterocycles. The van der Waals surface area contributed by atoms with Crippen molar-refractivity contribution >= 4 is 45.2 Å². The van der Waals surface area contributed by atoms with E-state index in [1.165, 1.54) is 11.1 Å². The Hall–Kier alpha value is -3.84. The van der Waals surface area contributed by atoms with E-state index in [4.69, 9.17) is 31.5 Å². The highest BCUT2D eigenvalue weighted by Gasteiger charge is 2.35. The number of pyridine rings is 1. The number of rotatable bonds is 4. The van der Waals surface area contributed by atoms with Crippen molar-refractivity contribution in [3.05, 3.63) is 89.6 Å². The molecule has 184 valence electrons. The zero-order chi connectivity index (χ0) is 24.8. The second-order valence-corrected chi connectivity index (χ2v) is 10.3. The van der Waals surface area contributed by atoms with Crippen molar-refractivity contribution in [1.82, 2.24) is 24.9 Å². The smallest absolute Gasteiger partial charge is 0.225 e. The standard InChI is InChI=1S/C29H26ClN7/c30-23-5-3-7-26-22(23)16-33-29(35-26)37-17-21(18-37)27-28(32-13-12-31-27)36-14-10-20(11-15-36)25-9-8-19-4-1-2-6-24(19)34-25/h1-9,12-13,16,20-21H,10-11,14-15,17-18H2. The maximum Gasteiger partial charge on any atom is 0.225 e. The Morgan fingerprint density at radius 1 is 0.730 bits per heavy atom. The summed E-state index contributed by atoms with van der Waals surface area (Å²) in [5.41, 5.74) is 4.21. The second kappa shape index (κ2) is 9.23. The summed E-state index contributed by atoms with van der Waals surface area (Å²) in [4.78, 5) is 28.4. The van der Waals surface area contributed by atoms with Gasteiger partial charge in [-0.2, -0.15) is 0 Å². The fourth-order valence-corrected chi connectivity index (χ4v) is 5.76. The minimum atomic E-state index is 0.308. The summed E-state index contributed by atoms with van der Waals surface area (Å²) in [7, 11) is 0. The predicted octanol–water partition coefficient (Wildman–Crippen LogP) is 5.61. The van der Waals surface area contributed by atoms with Gasteiger partial charge in [-0.25, -0.2) is 15.0 Å². The van der Waals surface area contributed by atoms with Crippen LogP contribution in [0.1, 0.15) is 36.1 Å². The normalized spacial score (nSPS) is 16.9. The zero-order valence-electron chi connectivity index (χ0n) is 20.3. The van der Waals surface area contributed by atoms with E-state index < -0.39 is 0 Å². The maximum absolute atomic E-state index is 6.28. The molecule has 7 nitrogen and oxygen atoms in total. The third-order valence-corrected chi connectivity index (χ3v) is 7.98. The minimum absolute atomic E-state index is 0.308. The first-order valence-corrected chi connectivity index (χ1v) is 13.2. The summed E-state index contributed by atoms with van der Waals surface area (Å²) < 4.78 is 0. The van der Waals surface area contributed by atoms with Gasteiger partial charge in [0.2, 0.25) is 5.95 Å². The van der Waals surface area contributed by atoms with Crippen molar-refractivity contribution < 1.29 is 0 Å². The third kappa shape index (κ3) is 4.13. The fourth-order valence-electron chi connectivity index (χ4n) is 5.55. The monoisotopic (exact) mass is 507 g/mol. The van der Waals surface area contributed by atoms with Gasteiger partial charge in [0.05, 0.1) is 21.7 Å². The molecule has 0 aliphatic carbocycles. The first-order valence-electron chi connectivity index (χ1n) is 12.8. The van der Waals surface area contributed by atoms with Gasteiger partial charge in [-0.05, 0) is 37.1 Å². The van der Waals surface area contributed by atoms with E-state index in [1.54, 1.807) is 0 Å². The lowest BCUT2D eigenvalue weighted by molar-refractivity contribution is 0.478. The number of benzene rings is 2. The van der Waals surface area contributed by atoms with Crippen LogP contribution in [0, 0.1) is 0 Å². The summed E-state index contributed by atoms with van der Waals surface area (Å²) >= 11 is 6.28. The molecule has 0 N–H and O–H groups in total. The quantitative estimate of drug-likeness (QED) is 0.313. The molecule has 2 aliphatic heterocycles. The number of hydrogen-bond donors (Lipinski definition) is 0. The average Bonchev–Trinajstić information content (AvgIpc) is 2.92. The Labute approximate surface area is 220 Å². The lowest BCUT2D eigenvalue weighted by atomic mass is 9.91. The van der Waals surface area contributed by atoms with E-state index >= 15 is 0 Å². The number of hydrogen-bond acceptors (Lipinski definition) is 7. The number of para-hydroxylation sites is 1. The Morgan fingerprint density at radius 3 is 2.43 bits per heavy atom. The predicted molar refractivity (Wildman–Crippen MR) is 147 cm³/mol. The molecule has 7 rings (SSSR count). The van der Waals surface area contributed by atoms with Gasteiger partial charge in [0.25, 0.3) is 0 Å². The van der Waals surface area contributed by atoms with Crippen LogP contribution in [0.15, 0.2) is 73.2 Å². The molecule has 0 amide bonds. The molecule has 2 saturated heterocycles.